The third kappa shape index (κ3) is 4.16. The van der Waals surface area contributed by atoms with Crippen LogP contribution >= 0.6 is 0 Å². The monoisotopic (exact) mass is 394 g/mol. The van der Waals surface area contributed by atoms with Crippen LogP contribution in [0.15, 0.2) is 36.9 Å². The zero-order valence-corrected chi connectivity index (χ0v) is 17.3. The van der Waals surface area contributed by atoms with E-state index in [4.69, 9.17) is 9.72 Å². The number of fused-ring (bicyclic) bond motifs is 1. The maximum absolute atomic E-state index is 12.5. The summed E-state index contributed by atoms with van der Waals surface area (Å²) in [5.74, 6) is 0. The number of hydrogen-bond acceptors (Lipinski definition) is 5. The van der Waals surface area contributed by atoms with Crippen LogP contribution in [0.1, 0.15) is 39.3 Å². The SMILES string of the molecule is Cn1cc(-c2cn3nccc3c(C3=CCN(C(=O)OC(C)(C)C)CCC3)n2)cn1. The number of carbonyl (C=O) groups excluding carboxylic acids is 1. The highest BCUT2D eigenvalue weighted by atomic mass is 16.6. The molecule has 1 aliphatic heterocycles. The molecule has 3 aromatic rings. The van der Waals surface area contributed by atoms with E-state index in [1.807, 2.05) is 50.8 Å². The van der Waals surface area contributed by atoms with Crippen LogP contribution in [0.5, 0.6) is 0 Å². The molecule has 0 saturated heterocycles. The van der Waals surface area contributed by atoms with Crippen LogP contribution in [0.25, 0.3) is 22.3 Å². The fourth-order valence-corrected chi connectivity index (χ4v) is 3.44. The molecule has 0 unspecified atom stereocenters. The second-order valence-electron chi connectivity index (χ2n) is 8.30. The van der Waals surface area contributed by atoms with Crippen molar-refractivity contribution in [3.63, 3.8) is 0 Å². The van der Waals surface area contributed by atoms with E-state index in [1.165, 1.54) is 0 Å². The van der Waals surface area contributed by atoms with E-state index in [-0.39, 0.29) is 6.09 Å². The Morgan fingerprint density at radius 1 is 1.21 bits per heavy atom. The van der Waals surface area contributed by atoms with E-state index >= 15 is 0 Å². The number of carbonyl (C=O) groups is 1. The molecule has 8 heteroatoms. The van der Waals surface area contributed by atoms with Crippen molar-refractivity contribution in [3.8, 4) is 11.3 Å². The number of aryl methyl sites for hydroxylation is 1. The van der Waals surface area contributed by atoms with Crippen molar-refractivity contribution in [2.24, 2.45) is 7.05 Å². The lowest BCUT2D eigenvalue weighted by molar-refractivity contribution is 0.0273. The van der Waals surface area contributed by atoms with Gasteiger partial charge in [0.15, 0.2) is 0 Å². The average Bonchev–Trinajstić information content (AvgIpc) is 3.21. The van der Waals surface area contributed by atoms with Gasteiger partial charge in [0.2, 0.25) is 0 Å². The van der Waals surface area contributed by atoms with Gasteiger partial charge in [0.1, 0.15) is 5.60 Å². The fourth-order valence-electron chi connectivity index (χ4n) is 3.44. The summed E-state index contributed by atoms with van der Waals surface area (Å²) in [4.78, 5) is 19.1. The van der Waals surface area contributed by atoms with E-state index < -0.39 is 5.60 Å². The normalized spacial score (nSPS) is 15.3. The molecular formula is C21H26N6O2. The molecule has 8 nitrogen and oxygen atoms in total. The van der Waals surface area contributed by atoms with Gasteiger partial charge in [0.05, 0.1) is 35.5 Å². The molecule has 0 fully saturated rings. The summed E-state index contributed by atoms with van der Waals surface area (Å²) in [6.07, 6.45) is 10.9. The summed E-state index contributed by atoms with van der Waals surface area (Å²) in [5, 5.41) is 8.66. The highest BCUT2D eigenvalue weighted by Crippen LogP contribution is 2.28. The topological polar surface area (TPSA) is 77.5 Å². The molecule has 0 aliphatic carbocycles. The lowest BCUT2D eigenvalue weighted by Gasteiger charge is -2.25. The smallest absolute Gasteiger partial charge is 0.410 e. The standard InChI is InChI=1S/C21H26N6O2/c1-21(2,3)29-20(28)26-10-5-6-15(8-11-26)19-18-7-9-22-27(18)14-17(24-19)16-12-23-25(4)13-16/h7-9,12-14H,5-6,10-11H2,1-4H3. The summed E-state index contributed by atoms with van der Waals surface area (Å²) in [6.45, 7) is 6.81. The van der Waals surface area contributed by atoms with Gasteiger partial charge in [-0.25, -0.2) is 14.3 Å². The highest BCUT2D eigenvalue weighted by Gasteiger charge is 2.24. The predicted molar refractivity (Wildman–Crippen MR) is 110 cm³/mol. The Labute approximate surface area is 169 Å². The number of aromatic nitrogens is 5. The van der Waals surface area contributed by atoms with Crippen molar-refractivity contribution in [2.45, 2.75) is 39.2 Å². The Morgan fingerprint density at radius 2 is 2.03 bits per heavy atom. The van der Waals surface area contributed by atoms with E-state index in [0.29, 0.717) is 13.1 Å². The minimum atomic E-state index is -0.501. The van der Waals surface area contributed by atoms with Gasteiger partial charge in [-0.15, -0.1) is 0 Å². The molecular weight excluding hydrogens is 368 g/mol. The zero-order valence-electron chi connectivity index (χ0n) is 17.3. The lowest BCUT2D eigenvalue weighted by Crippen LogP contribution is -2.37. The van der Waals surface area contributed by atoms with Crippen LogP contribution in [-0.4, -0.2) is 54.1 Å². The first-order chi connectivity index (χ1) is 13.8. The number of ether oxygens (including phenoxy) is 1. The van der Waals surface area contributed by atoms with Gasteiger partial charge < -0.3 is 9.64 Å². The van der Waals surface area contributed by atoms with E-state index in [9.17, 15) is 4.79 Å². The number of hydrogen-bond donors (Lipinski definition) is 0. The predicted octanol–water partition coefficient (Wildman–Crippen LogP) is 3.54. The van der Waals surface area contributed by atoms with Crippen LogP contribution in [0.4, 0.5) is 4.79 Å². The molecule has 0 aromatic carbocycles. The summed E-state index contributed by atoms with van der Waals surface area (Å²) < 4.78 is 9.14. The van der Waals surface area contributed by atoms with Crippen molar-refractivity contribution < 1.29 is 9.53 Å². The quantitative estimate of drug-likeness (QED) is 0.664. The number of rotatable bonds is 2. The van der Waals surface area contributed by atoms with Crippen LogP contribution < -0.4 is 0 Å². The molecule has 0 saturated carbocycles. The number of allylic oxidation sites excluding steroid dienone is 1. The molecule has 1 amide bonds. The Hall–Kier alpha value is -3.16. The first kappa shape index (κ1) is 19.2. The third-order valence-corrected chi connectivity index (χ3v) is 4.78. The van der Waals surface area contributed by atoms with Crippen molar-refractivity contribution in [1.82, 2.24) is 29.3 Å². The molecule has 0 atom stereocenters. The van der Waals surface area contributed by atoms with E-state index in [0.717, 1.165) is 40.9 Å². The minimum absolute atomic E-state index is 0.276. The molecule has 29 heavy (non-hydrogen) atoms. The zero-order chi connectivity index (χ0) is 20.6. The van der Waals surface area contributed by atoms with Crippen molar-refractivity contribution in [1.29, 1.82) is 0 Å². The fraction of sp³-hybridized carbons (Fsp3) is 0.429. The summed E-state index contributed by atoms with van der Waals surface area (Å²) in [6, 6.07) is 1.97. The van der Waals surface area contributed by atoms with Gasteiger partial charge in [-0.3, -0.25) is 4.68 Å². The molecule has 3 aromatic heterocycles. The molecule has 4 rings (SSSR count). The Balaban J connectivity index is 1.67. The molecule has 0 bridgehead atoms. The highest BCUT2D eigenvalue weighted by molar-refractivity contribution is 5.78. The molecule has 152 valence electrons. The Morgan fingerprint density at radius 3 is 2.76 bits per heavy atom. The van der Waals surface area contributed by atoms with Crippen LogP contribution in [0, 0.1) is 0 Å². The van der Waals surface area contributed by atoms with Gasteiger partial charge in [0.25, 0.3) is 0 Å². The first-order valence-electron chi connectivity index (χ1n) is 9.81. The largest absolute Gasteiger partial charge is 0.444 e. The average molecular weight is 394 g/mol. The molecule has 0 radical (unpaired) electrons. The first-order valence-corrected chi connectivity index (χ1v) is 9.81. The second-order valence-corrected chi connectivity index (χ2v) is 8.30. The minimum Gasteiger partial charge on any atom is -0.444 e. The number of amides is 1. The van der Waals surface area contributed by atoms with Crippen molar-refractivity contribution >= 4 is 17.2 Å². The van der Waals surface area contributed by atoms with Crippen LogP contribution in [0.3, 0.4) is 0 Å². The molecule has 0 N–H and O–H groups in total. The van der Waals surface area contributed by atoms with E-state index in [2.05, 4.69) is 16.3 Å². The van der Waals surface area contributed by atoms with Gasteiger partial charge in [-0.2, -0.15) is 10.2 Å². The molecule has 0 spiro atoms. The van der Waals surface area contributed by atoms with Crippen LogP contribution in [-0.2, 0) is 11.8 Å². The van der Waals surface area contributed by atoms with Crippen molar-refractivity contribution in [2.75, 3.05) is 13.1 Å². The summed E-state index contributed by atoms with van der Waals surface area (Å²) in [7, 11) is 1.88. The Bertz CT molecular complexity index is 1070. The maximum Gasteiger partial charge on any atom is 0.410 e. The molecule has 4 heterocycles. The van der Waals surface area contributed by atoms with Crippen molar-refractivity contribution in [3.05, 3.63) is 42.6 Å². The van der Waals surface area contributed by atoms with Gasteiger partial charge in [-0.1, -0.05) is 6.08 Å². The summed E-state index contributed by atoms with van der Waals surface area (Å²) in [5.41, 5.74) is 4.23. The number of nitrogens with zero attached hydrogens (tertiary/aromatic N) is 6. The van der Waals surface area contributed by atoms with Gasteiger partial charge >= 0.3 is 6.09 Å². The Kier molecular flexibility index (Phi) is 4.86. The maximum atomic E-state index is 12.5. The van der Waals surface area contributed by atoms with Crippen LogP contribution in [0.2, 0.25) is 0 Å². The van der Waals surface area contributed by atoms with Gasteiger partial charge in [-0.05, 0) is 45.3 Å². The molecule has 1 aliphatic rings. The third-order valence-electron chi connectivity index (χ3n) is 4.78. The second kappa shape index (κ2) is 7.35. The summed E-state index contributed by atoms with van der Waals surface area (Å²) >= 11 is 0. The van der Waals surface area contributed by atoms with E-state index in [1.54, 1.807) is 22.0 Å². The van der Waals surface area contributed by atoms with Gasteiger partial charge in [0, 0.05) is 31.9 Å². The lowest BCUT2D eigenvalue weighted by atomic mass is 10.1.